The van der Waals surface area contributed by atoms with Crippen LogP contribution in [-0.2, 0) is 6.42 Å². The van der Waals surface area contributed by atoms with Crippen molar-refractivity contribution < 1.29 is 4.42 Å². The average Bonchev–Trinajstić information content (AvgIpc) is 2.46. The highest BCUT2D eigenvalue weighted by Crippen LogP contribution is 2.25. The van der Waals surface area contributed by atoms with Gasteiger partial charge in [-0.05, 0) is 18.6 Å². The fraction of sp³-hybridized carbons (Fsp3) is 0.273. The van der Waals surface area contributed by atoms with E-state index < -0.39 is 0 Å². The molecular formula is C11H11ClO. The highest BCUT2D eigenvalue weighted by Gasteiger charge is 2.08. The van der Waals surface area contributed by atoms with Gasteiger partial charge in [0.05, 0.1) is 0 Å². The Labute approximate surface area is 82.3 Å². The van der Waals surface area contributed by atoms with E-state index in [-0.39, 0.29) is 0 Å². The molecule has 0 saturated heterocycles. The van der Waals surface area contributed by atoms with E-state index in [0.717, 1.165) is 17.8 Å². The van der Waals surface area contributed by atoms with Gasteiger partial charge in [0.2, 0.25) is 0 Å². The summed E-state index contributed by atoms with van der Waals surface area (Å²) in [6.07, 6.45) is 0.808. The third-order valence-corrected chi connectivity index (χ3v) is 2.45. The van der Waals surface area contributed by atoms with Crippen LogP contribution in [0.5, 0.6) is 0 Å². The number of para-hydroxylation sites is 1. The van der Waals surface area contributed by atoms with Crippen molar-refractivity contribution in [1.82, 2.24) is 0 Å². The molecule has 0 spiro atoms. The number of hydrogen-bond donors (Lipinski definition) is 0. The molecule has 0 saturated carbocycles. The molecule has 1 aromatic carbocycles. The van der Waals surface area contributed by atoms with E-state index in [4.69, 9.17) is 16.0 Å². The van der Waals surface area contributed by atoms with Crippen LogP contribution in [0, 0.1) is 6.92 Å². The molecule has 1 heterocycles. The summed E-state index contributed by atoms with van der Waals surface area (Å²) < 4.78 is 5.65. The molecule has 1 aromatic heterocycles. The maximum Gasteiger partial charge on any atom is 0.134 e. The molecular weight excluding hydrogens is 184 g/mol. The lowest BCUT2D eigenvalue weighted by Gasteiger charge is -1.91. The van der Waals surface area contributed by atoms with Gasteiger partial charge in [0.15, 0.2) is 0 Å². The van der Waals surface area contributed by atoms with Crippen molar-refractivity contribution in [3.63, 3.8) is 0 Å². The van der Waals surface area contributed by atoms with Crippen LogP contribution in [0.2, 0.25) is 0 Å². The Morgan fingerprint density at radius 1 is 1.31 bits per heavy atom. The van der Waals surface area contributed by atoms with E-state index in [0.29, 0.717) is 5.88 Å². The quantitative estimate of drug-likeness (QED) is 0.667. The molecule has 2 heteroatoms. The lowest BCUT2D eigenvalue weighted by atomic mass is 10.1. The summed E-state index contributed by atoms with van der Waals surface area (Å²) in [6, 6.07) is 8.07. The second-order valence-electron chi connectivity index (χ2n) is 3.09. The molecule has 0 amide bonds. The van der Waals surface area contributed by atoms with Crippen LogP contribution >= 0.6 is 11.6 Å². The summed E-state index contributed by atoms with van der Waals surface area (Å²) in [4.78, 5) is 0. The zero-order valence-electron chi connectivity index (χ0n) is 7.51. The van der Waals surface area contributed by atoms with Crippen LogP contribution in [0.4, 0.5) is 0 Å². The first kappa shape index (κ1) is 8.64. The Hall–Kier alpha value is -0.950. The highest BCUT2D eigenvalue weighted by atomic mass is 35.5. The van der Waals surface area contributed by atoms with Gasteiger partial charge in [-0.15, -0.1) is 11.6 Å². The first-order chi connectivity index (χ1) is 6.33. The lowest BCUT2D eigenvalue weighted by Crippen LogP contribution is -1.84. The number of fused-ring (bicyclic) bond motifs is 1. The van der Waals surface area contributed by atoms with Gasteiger partial charge in [-0.1, -0.05) is 18.2 Å². The molecule has 0 aliphatic heterocycles. The Morgan fingerprint density at radius 3 is 2.77 bits per heavy atom. The first-order valence-corrected chi connectivity index (χ1v) is 4.89. The van der Waals surface area contributed by atoms with Gasteiger partial charge < -0.3 is 4.42 Å². The second kappa shape index (κ2) is 3.43. The normalized spacial score (nSPS) is 10.9. The topological polar surface area (TPSA) is 13.1 Å². The Bertz CT molecular complexity index is 417. The van der Waals surface area contributed by atoms with Gasteiger partial charge in [-0.2, -0.15) is 0 Å². The first-order valence-electron chi connectivity index (χ1n) is 4.36. The number of furan rings is 1. The third-order valence-electron chi connectivity index (χ3n) is 2.26. The van der Waals surface area contributed by atoms with Gasteiger partial charge in [0.25, 0.3) is 0 Å². The molecule has 0 bridgehead atoms. The molecule has 68 valence electrons. The fourth-order valence-corrected chi connectivity index (χ4v) is 1.72. The zero-order valence-corrected chi connectivity index (χ0v) is 8.27. The fourth-order valence-electron chi connectivity index (χ4n) is 1.55. The van der Waals surface area contributed by atoms with Crippen LogP contribution in [-0.4, -0.2) is 5.88 Å². The summed E-state index contributed by atoms with van der Waals surface area (Å²) in [7, 11) is 0. The number of halogens is 1. The van der Waals surface area contributed by atoms with Crippen molar-refractivity contribution in [1.29, 1.82) is 0 Å². The van der Waals surface area contributed by atoms with Gasteiger partial charge in [0.1, 0.15) is 11.3 Å². The number of aryl methyl sites for hydroxylation is 2. The molecule has 0 fully saturated rings. The van der Waals surface area contributed by atoms with Crippen molar-refractivity contribution in [2.45, 2.75) is 13.3 Å². The van der Waals surface area contributed by atoms with Crippen LogP contribution in [0.15, 0.2) is 28.7 Å². The van der Waals surface area contributed by atoms with E-state index in [1.165, 1.54) is 10.9 Å². The number of hydrogen-bond acceptors (Lipinski definition) is 1. The Balaban J connectivity index is 2.60. The van der Waals surface area contributed by atoms with Crippen LogP contribution in [0.3, 0.4) is 0 Å². The zero-order chi connectivity index (χ0) is 9.26. The molecule has 2 rings (SSSR count). The summed E-state index contributed by atoms with van der Waals surface area (Å²) in [5, 5.41) is 1.20. The van der Waals surface area contributed by atoms with Crippen molar-refractivity contribution in [3.8, 4) is 0 Å². The molecule has 0 aliphatic rings. The average molecular weight is 195 g/mol. The smallest absolute Gasteiger partial charge is 0.134 e. The van der Waals surface area contributed by atoms with E-state index in [1.807, 2.05) is 18.2 Å². The van der Waals surface area contributed by atoms with Crippen molar-refractivity contribution in [2.75, 3.05) is 5.88 Å². The molecule has 1 nitrogen and oxygen atoms in total. The van der Waals surface area contributed by atoms with Crippen molar-refractivity contribution in [2.24, 2.45) is 0 Å². The monoisotopic (exact) mass is 194 g/mol. The van der Waals surface area contributed by atoms with Gasteiger partial charge in [-0.25, -0.2) is 0 Å². The van der Waals surface area contributed by atoms with Gasteiger partial charge in [-0.3, -0.25) is 0 Å². The maximum atomic E-state index is 5.68. The van der Waals surface area contributed by atoms with Crippen LogP contribution in [0.1, 0.15) is 11.3 Å². The van der Waals surface area contributed by atoms with E-state index in [9.17, 15) is 0 Å². The summed E-state index contributed by atoms with van der Waals surface area (Å²) in [6.45, 7) is 2.08. The minimum Gasteiger partial charge on any atom is -0.461 e. The van der Waals surface area contributed by atoms with Crippen molar-refractivity contribution in [3.05, 3.63) is 35.6 Å². The third kappa shape index (κ3) is 1.44. The molecule has 2 aromatic rings. The van der Waals surface area contributed by atoms with Gasteiger partial charge in [0, 0.05) is 17.7 Å². The number of alkyl halides is 1. The molecule has 0 aliphatic carbocycles. The standard InChI is InChI=1S/C11H11ClO/c1-8-9-4-2-3-5-11(9)13-10(8)6-7-12/h2-5H,6-7H2,1H3. The van der Waals surface area contributed by atoms with E-state index >= 15 is 0 Å². The largest absolute Gasteiger partial charge is 0.461 e. The van der Waals surface area contributed by atoms with E-state index in [2.05, 4.69) is 13.0 Å². The Kier molecular flexibility index (Phi) is 2.28. The lowest BCUT2D eigenvalue weighted by molar-refractivity contribution is 0.554. The van der Waals surface area contributed by atoms with Crippen LogP contribution < -0.4 is 0 Å². The number of rotatable bonds is 2. The maximum absolute atomic E-state index is 5.68. The predicted octanol–water partition coefficient (Wildman–Crippen LogP) is 3.52. The minimum atomic E-state index is 0.612. The molecule has 13 heavy (non-hydrogen) atoms. The summed E-state index contributed by atoms with van der Waals surface area (Å²) >= 11 is 5.68. The van der Waals surface area contributed by atoms with E-state index in [1.54, 1.807) is 0 Å². The predicted molar refractivity (Wildman–Crippen MR) is 55.4 cm³/mol. The van der Waals surface area contributed by atoms with Crippen molar-refractivity contribution >= 4 is 22.6 Å². The Morgan fingerprint density at radius 2 is 2.08 bits per heavy atom. The molecule has 0 radical (unpaired) electrons. The summed E-state index contributed by atoms with van der Waals surface area (Å²) in [5.74, 6) is 1.62. The van der Waals surface area contributed by atoms with Gasteiger partial charge >= 0.3 is 0 Å². The summed E-state index contributed by atoms with van der Waals surface area (Å²) in [5.41, 5.74) is 2.18. The van der Waals surface area contributed by atoms with Crippen LogP contribution in [0.25, 0.3) is 11.0 Å². The molecule has 0 unspecified atom stereocenters. The minimum absolute atomic E-state index is 0.612. The SMILES string of the molecule is Cc1c(CCCl)oc2ccccc12. The molecule has 0 N–H and O–H groups in total. The highest BCUT2D eigenvalue weighted by molar-refractivity contribution is 6.18. The number of benzene rings is 1. The molecule has 0 atom stereocenters. The second-order valence-corrected chi connectivity index (χ2v) is 3.46.